The van der Waals surface area contributed by atoms with E-state index in [1.54, 1.807) is 0 Å². The number of hydrogen-bond acceptors (Lipinski definition) is 3. The number of unbranched alkanes of at least 4 members (excludes halogenated alkanes) is 1. The summed E-state index contributed by atoms with van der Waals surface area (Å²) in [6.07, 6.45) is 5.53. The van der Waals surface area contributed by atoms with E-state index in [4.69, 9.17) is 16.6 Å². The summed E-state index contributed by atoms with van der Waals surface area (Å²) in [4.78, 5) is 10.4. The molecule has 0 heterocycles. The monoisotopic (exact) mass is 202 g/mol. The Morgan fingerprint density at radius 3 is 2.29 bits per heavy atom. The number of rotatable bonds is 8. The van der Waals surface area contributed by atoms with Crippen LogP contribution in [0.2, 0.25) is 0 Å². The van der Waals surface area contributed by atoms with Crippen LogP contribution in [0.25, 0.3) is 0 Å². The number of carboxylic acids is 1. The van der Waals surface area contributed by atoms with Crippen molar-refractivity contribution < 1.29 is 9.90 Å². The van der Waals surface area contributed by atoms with Crippen LogP contribution in [0.1, 0.15) is 45.4 Å². The highest BCUT2D eigenvalue weighted by molar-refractivity contribution is 5.72. The van der Waals surface area contributed by atoms with Crippen molar-refractivity contribution in [2.45, 2.75) is 57.5 Å². The normalized spacial score (nSPS) is 15.1. The van der Waals surface area contributed by atoms with Gasteiger partial charge in [0.15, 0.2) is 0 Å². The van der Waals surface area contributed by atoms with Crippen LogP contribution in [-0.4, -0.2) is 23.2 Å². The first-order valence-electron chi connectivity index (χ1n) is 5.31. The molecule has 84 valence electrons. The molecule has 0 rings (SSSR count). The molecule has 5 N–H and O–H groups in total. The number of nitrogens with two attached hydrogens (primary N) is 2. The Labute approximate surface area is 85.7 Å². The molecule has 0 aliphatic rings. The van der Waals surface area contributed by atoms with Crippen molar-refractivity contribution in [2.24, 2.45) is 11.5 Å². The highest BCUT2D eigenvalue weighted by Gasteiger charge is 2.11. The van der Waals surface area contributed by atoms with Crippen LogP contribution >= 0.6 is 0 Å². The van der Waals surface area contributed by atoms with Gasteiger partial charge in [-0.15, -0.1) is 0 Å². The zero-order valence-corrected chi connectivity index (χ0v) is 8.91. The minimum absolute atomic E-state index is 0.205. The van der Waals surface area contributed by atoms with Gasteiger partial charge in [0, 0.05) is 6.04 Å². The van der Waals surface area contributed by atoms with Gasteiger partial charge in [0.1, 0.15) is 6.04 Å². The van der Waals surface area contributed by atoms with E-state index < -0.39 is 12.0 Å². The van der Waals surface area contributed by atoms with Gasteiger partial charge in [0.05, 0.1) is 0 Å². The molecule has 0 aromatic rings. The van der Waals surface area contributed by atoms with Gasteiger partial charge in [-0.1, -0.05) is 19.8 Å². The average molecular weight is 202 g/mol. The molecule has 0 saturated carbocycles. The molecule has 0 aliphatic carbocycles. The van der Waals surface area contributed by atoms with E-state index in [-0.39, 0.29) is 6.04 Å². The van der Waals surface area contributed by atoms with Crippen molar-refractivity contribution in [3.05, 3.63) is 0 Å². The summed E-state index contributed by atoms with van der Waals surface area (Å²) in [5, 5.41) is 8.53. The van der Waals surface area contributed by atoms with E-state index in [0.717, 1.165) is 32.1 Å². The van der Waals surface area contributed by atoms with E-state index in [2.05, 4.69) is 6.92 Å². The molecule has 0 fully saturated rings. The first-order valence-corrected chi connectivity index (χ1v) is 5.31. The molecule has 0 spiro atoms. The molecule has 0 amide bonds. The van der Waals surface area contributed by atoms with Gasteiger partial charge in [-0.25, -0.2) is 0 Å². The molecule has 0 aliphatic heterocycles. The molecule has 0 aromatic heterocycles. The summed E-state index contributed by atoms with van der Waals surface area (Å²) in [6.45, 7) is 2.13. The van der Waals surface area contributed by atoms with E-state index in [1.165, 1.54) is 0 Å². The Bertz CT molecular complexity index is 162. The lowest BCUT2D eigenvalue weighted by Gasteiger charge is -2.11. The summed E-state index contributed by atoms with van der Waals surface area (Å²) in [7, 11) is 0. The number of carboxylic acid groups (broad SMARTS) is 1. The highest BCUT2D eigenvalue weighted by atomic mass is 16.4. The largest absolute Gasteiger partial charge is 0.480 e. The standard InChI is InChI=1S/C10H22N2O2/c1-2-3-5-8(11)6-4-7-9(12)10(13)14/h8-9H,2-7,11-12H2,1H3,(H,13,14). The Kier molecular flexibility index (Phi) is 7.42. The molecular formula is C10H22N2O2. The second kappa shape index (κ2) is 7.76. The van der Waals surface area contributed by atoms with Crippen molar-refractivity contribution in [3.8, 4) is 0 Å². The summed E-state index contributed by atoms with van der Waals surface area (Å²) in [5.74, 6) is -0.924. The van der Waals surface area contributed by atoms with Crippen LogP contribution in [0, 0.1) is 0 Å². The molecule has 2 unspecified atom stereocenters. The van der Waals surface area contributed by atoms with E-state index >= 15 is 0 Å². The molecule has 4 nitrogen and oxygen atoms in total. The van der Waals surface area contributed by atoms with Gasteiger partial charge < -0.3 is 16.6 Å². The van der Waals surface area contributed by atoms with Crippen LogP contribution in [0.4, 0.5) is 0 Å². The zero-order valence-electron chi connectivity index (χ0n) is 8.91. The fourth-order valence-corrected chi connectivity index (χ4v) is 1.33. The lowest BCUT2D eigenvalue weighted by Crippen LogP contribution is -2.30. The van der Waals surface area contributed by atoms with Crippen molar-refractivity contribution in [1.82, 2.24) is 0 Å². The predicted molar refractivity (Wildman–Crippen MR) is 57.0 cm³/mol. The minimum Gasteiger partial charge on any atom is -0.480 e. The maximum absolute atomic E-state index is 10.4. The van der Waals surface area contributed by atoms with Crippen LogP contribution in [0.3, 0.4) is 0 Å². The quantitative estimate of drug-likeness (QED) is 0.549. The average Bonchev–Trinajstić information content (AvgIpc) is 2.14. The number of carbonyl (C=O) groups is 1. The number of aliphatic carboxylic acids is 1. The second-order valence-corrected chi connectivity index (χ2v) is 3.78. The topological polar surface area (TPSA) is 89.3 Å². The Balaban J connectivity index is 3.39. The molecule has 0 saturated heterocycles. The molecule has 0 radical (unpaired) electrons. The third-order valence-electron chi connectivity index (χ3n) is 2.34. The lowest BCUT2D eigenvalue weighted by molar-refractivity contribution is -0.138. The van der Waals surface area contributed by atoms with Crippen molar-refractivity contribution in [2.75, 3.05) is 0 Å². The van der Waals surface area contributed by atoms with Crippen molar-refractivity contribution in [3.63, 3.8) is 0 Å². The second-order valence-electron chi connectivity index (χ2n) is 3.78. The van der Waals surface area contributed by atoms with Gasteiger partial charge in [-0.3, -0.25) is 4.79 Å². The van der Waals surface area contributed by atoms with Crippen LogP contribution < -0.4 is 11.5 Å². The van der Waals surface area contributed by atoms with Gasteiger partial charge in [0.25, 0.3) is 0 Å². The Morgan fingerprint density at radius 2 is 1.79 bits per heavy atom. The smallest absolute Gasteiger partial charge is 0.320 e. The van der Waals surface area contributed by atoms with Gasteiger partial charge in [0.2, 0.25) is 0 Å². The maximum atomic E-state index is 10.4. The Morgan fingerprint density at radius 1 is 1.21 bits per heavy atom. The van der Waals surface area contributed by atoms with Crippen LogP contribution in [0.5, 0.6) is 0 Å². The van der Waals surface area contributed by atoms with E-state index in [9.17, 15) is 4.79 Å². The molecule has 2 atom stereocenters. The van der Waals surface area contributed by atoms with Crippen LogP contribution in [-0.2, 0) is 4.79 Å². The fourth-order valence-electron chi connectivity index (χ4n) is 1.33. The molecule has 0 bridgehead atoms. The summed E-state index contributed by atoms with van der Waals surface area (Å²) < 4.78 is 0. The highest BCUT2D eigenvalue weighted by Crippen LogP contribution is 2.07. The molecule has 4 heteroatoms. The predicted octanol–water partition coefficient (Wildman–Crippen LogP) is 1.09. The van der Waals surface area contributed by atoms with Gasteiger partial charge in [-0.05, 0) is 25.7 Å². The lowest BCUT2D eigenvalue weighted by atomic mass is 10.0. The summed E-state index contributed by atoms with van der Waals surface area (Å²) >= 11 is 0. The molecular weight excluding hydrogens is 180 g/mol. The van der Waals surface area contributed by atoms with E-state index in [1.807, 2.05) is 0 Å². The van der Waals surface area contributed by atoms with Crippen LogP contribution in [0.15, 0.2) is 0 Å². The van der Waals surface area contributed by atoms with Crippen molar-refractivity contribution in [1.29, 1.82) is 0 Å². The first kappa shape index (κ1) is 13.4. The third kappa shape index (κ3) is 6.86. The van der Waals surface area contributed by atoms with Gasteiger partial charge in [-0.2, -0.15) is 0 Å². The Hall–Kier alpha value is -0.610. The van der Waals surface area contributed by atoms with Gasteiger partial charge >= 0.3 is 5.97 Å². The summed E-state index contributed by atoms with van der Waals surface area (Å²) in [5.41, 5.74) is 11.2. The first-order chi connectivity index (χ1) is 6.57. The molecule has 0 aromatic carbocycles. The zero-order chi connectivity index (χ0) is 11.0. The third-order valence-corrected chi connectivity index (χ3v) is 2.34. The fraction of sp³-hybridized carbons (Fsp3) is 0.900. The van der Waals surface area contributed by atoms with Crippen molar-refractivity contribution >= 4 is 5.97 Å². The maximum Gasteiger partial charge on any atom is 0.320 e. The SMILES string of the molecule is CCCCC(N)CCCC(N)C(=O)O. The molecule has 14 heavy (non-hydrogen) atoms. The summed E-state index contributed by atoms with van der Waals surface area (Å²) in [6, 6.07) is -0.524. The van der Waals surface area contributed by atoms with E-state index in [0.29, 0.717) is 6.42 Å². The minimum atomic E-state index is -0.924. The number of hydrogen-bond donors (Lipinski definition) is 3.